The average Bonchev–Trinajstić information content (AvgIpc) is 2.28. The molecule has 0 amide bonds. The Bertz CT molecular complexity index is 320. The van der Waals surface area contributed by atoms with Gasteiger partial charge >= 0.3 is 17.9 Å². The molecule has 0 aromatic heterocycles. The maximum absolute atomic E-state index is 10.4. The molecule has 1 unspecified atom stereocenters. The number of hydrogen-bond acceptors (Lipinski definition) is 6. The number of aliphatic carboxylic acids is 2. The maximum atomic E-state index is 10.4. The van der Waals surface area contributed by atoms with Crippen LogP contribution in [0.4, 0.5) is 0 Å². The Balaban J connectivity index is 0. The Kier molecular flexibility index (Phi) is 10.5. The fourth-order valence-electron chi connectivity index (χ4n) is 0.714. The van der Waals surface area contributed by atoms with Crippen LogP contribution in [0.15, 0.2) is 11.6 Å². The normalized spacial score (nSPS) is 11.9. The Morgan fingerprint density at radius 2 is 1.78 bits per heavy atom. The standard InChI is InChI=1S/C6H10O3.C4H6O5/c1-3-4-5(2)6(7)9-8;5-2(4(8)9)1-3(6)7/h4,8H,3H2,1-2H3;2,5H,1H2,(H,6,7)(H,8,9). The van der Waals surface area contributed by atoms with E-state index in [4.69, 9.17) is 20.6 Å². The van der Waals surface area contributed by atoms with Gasteiger partial charge in [-0.2, -0.15) is 5.26 Å². The number of rotatable bonds is 5. The lowest BCUT2D eigenvalue weighted by Gasteiger charge is -1.97. The van der Waals surface area contributed by atoms with Gasteiger partial charge in [0.15, 0.2) is 6.10 Å². The maximum Gasteiger partial charge on any atom is 0.368 e. The number of carboxylic acids is 2. The van der Waals surface area contributed by atoms with Gasteiger partial charge in [-0.1, -0.05) is 13.0 Å². The minimum atomic E-state index is -1.79. The molecule has 0 bridgehead atoms. The van der Waals surface area contributed by atoms with Crippen LogP contribution in [0.1, 0.15) is 26.7 Å². The van der Waals surface area contributed by atoms with E-state index in [1.807, 2.05) is 6.92 Å². The largest absolute Gasteiger partial charge is 0.481 e. The van der Waals surface area contributed by atoms with Crippen molar-refractivity contribution in [2.75, 3.05) is 0 Å². The molecule has 0 heterocycles. The molecule has 0 fully saturated rings. The molecule has 8 heteroatoms. The van der Waals surface area contributed by atoms with E-state index in [1.165, 1.54) is 0 Å². The molecule has 4 N–H and O–H groups in total. The van der Waals surface area contributed by atoms with Crippen molar-refractivity contribution in [2.45, 2.75) is 32.8 Å². The van der Waals surface area contributed by atoms with Crippen LogP contribution in [0.5, 0.6) is 0 Å². The lowest BCUT2D eigenvalue weighted by molar-refractivity contribution is -0.229. The summed E-state index contributed by atoms with van der Waals surface area (Å²) in [6, 6.07) is 0. The van der Waals surface area contributed by atoms with Gasteiger partial charge in [-0.3, -0.25) is 9.68 Å². The van der Waals surface area contributed by atoms with E-state index in [-0.39, 0.29) is 0 Å². The summed E-state index contributed by atoms with van der Waals surface area (Å²) in [7, 11) is 0. The second kappa shape index (κ2) is 10.2. The van der Waals surface area contributed by atoms with Crippen LogP contribution < -0.4 is 0 Å². The molecular formula is C10H16O8. The summed E-state index contributed by atoms with van der Waals surface area (Å²) in [5.74, 6) is -3.53. The van der Waals surface area contributed by atoms with Crippen LogP contribution >= 0.6 is 0 Å². The van der Waals surface area contributed by atoms with E-state index in [9.17, 15) is 14.4 Å². The Labute approximate surface area is 103 Å². The van der Waals surface area contributed by atoms with Crippen molar-refractivity contribution in [3.63, 3.8) is 0 Å². The minimum Gasteiger partial charge on any atom is -0.481 e. The molecule has 0 spiro atoms. The van der Waals surface area contributed by atoms with Crippen molar-refractivity contribution in [1.29, 1.82) is 0 Å². The van der Waals surface area contributed by atoms with Crippen molar-refractivity contribution in [2.24, 2.45) is 0 Å². The molecule has 0 aromatic rings. The van der Waals surface area contributed by atoms with E-state index in [1.54, 1.807) is 13.0 Å². The summed E-state index contributed by atoms with van der Waals surface area (Å²) < 4.78 is 0. The third-order valence-electron chi connectivity index (χ3n) is 1.57. The fraction of sp³-hybridized carbons (Fsp3) is 0.500. The second-order valence-corrected chi connectivity index (χ2v) is 3.13. The summed E-state index contributed by atoms with van der Waals surface area (Å²) in [5.41, 5.74) is 0.431. The minimum absolute atomic E-state index is 0.431. The van der Waals surface area contributed by atoms with Crippen LogP contribution in [0.3, 0.4) is 0 Å². The van der Waals surface area contributed by atoms with Gasteiger partial charge in [-0.25, -0.2) is 9.59 Å². The monoisotopic (exact) mass is 264 g/mol. The highest BCUT2D eigenvalue weighted by Crippen LogP contribution is 1.95. The summed E-state index contributed by atoms with van der Waals surface area (Å²) in [4.78, 5) is 33.2. The van der Waals surface area contributed by atoms with Gasteiger partial charge in [0.05, 0.1) is 6.42 Å². The first-order valence-electron chi connectivity index (χ1n) is 4.91. The van der Waals surface area contributed by atoms with E-state index in [0.29, 0.717) is 5.57 Å². The smallest absolute Gasteiger partial charge is 0.368 e. The predicted octanol–water partition coefficient (Wildman–Crippen LogP) is 0.265. The summed E-state index contributed by atoms with van der Waals surface area (Å²) in [5, 5.41) is 32.0. The zero-order chi connectivity index (χ0) is 14.7. The molecule has 0 aromatic carbocycles. The first kappa shape index (κ1) is 18.4. The van der Waals surface area contributed by atoms with Crippen LogP contribution in [-0.2, 0) is 19.3 Å². The lowest BCUT2D eigenvalue weighted by Crippen LogP contribution is -2.22. The van der Waals surface area contributed by atoms with Gasteiger partial charge in [-0.15, -0.1) is 0 Å². The molecule has 0 aliphatic heterocycles. The van der Waals surface area contributed by atoms with Crippen LogP contribution in [-0.4, -0.2) is 44.6 Å². The van der Waals surface area contributed by atoms with Crippen molar-refractivity contribution >= 4 is 17.9 Å². The van der Waals surface area contributed by atoms with Gasteiger partial charge in [0, 0.05) is 5.57 Å². The van der Waals surface area contributed by atoms with Crippen LogP contribution in [0.2, 0.25) is 0 Å². The van der Waals surface area contributed by atoms with Crippen molar-refractivity contribution in [3.05, 3.63) is 11.6 Å². The topological polar surface area (TPSA) is 141 Å². The lowest BCUT2D eigenvalue weighted by atomic mass is 10.2. The fourth-order valence-corrected chi connectivity index (χ4v) is 0.714. The number of aliphatic hydroxyl groups excluding tert-OH is 1. The van der Waals surface area contributed by atoms with E-state index < -0.39 is 30.4 Å². The van der Waals surface area contributed by atoms with Crippen molar-refractivity contribution in [3.8, 4) is 0 Å². The van der Waals surface area contributed by atoms with Crippen molar-refractivity contribution < 1.29 is 39.8 Å². The predicted molar refractivity (Wildman–Crippen MR) is 58.7 cm³/mol. The molecule has 0 saturated heterocycles. The molecule has 0 saturated carbocycles. The highest BCUT2D eigenvalue weighted by Gasteiger charge is 2.16. The SMILES string of the molecule is CCC=C(C)C(=O)OO.O=C(O)CC(O)C(=O)O. The Hall–Kier alpha value is -1.93. The van der Waals surface area contributed by atoms with Gasteiger partial charge < -0.3 is 15.3 Å². The summed E-state index contributed by atoms with van der Waals surface area (Å²) in [6.45, 7) is 3.48. The first-order valence-corrected chi connectivity index (χ1v) is 4.91. The Morgan fingerprint density at radius 1 is 1.28 bits per heavy atom. The molecule has 18 heavy (non-hydrogen) atoms. The molecular weight excluding hydrogens is 248 g/mol. The molecule has 0 aliphatic carbocycles. The van der Waals surface area contributed by atoms with E-state index in [2.05, 4.69) is 4.89 Å². The van der Waals surface area contributed by atoms with Crippen LogP contribution in [0, 0.1) is 0 Å². The van der Waals surface area contributed by atoms with E-state index in [0.717, 1.165) is 6.42 Å². The highest BCUT2D eigenvalue weighted by atomic mass is 17.1. The molecule has 0 radical (unpaired) electrons. The molecule has 8 nitrogen and oxygen atoms in total. The molecule has 104 valence electrons. The summed E-state index contributed by atoms with van der Waals surface area (Å²) >= 11 is 0. The molecule has 0 aliphatic rings. The zero-order valence-electron chi connectivity index (χ0n) is 9.99. The number of aliphatic hydroxyl groups is 1. The van der Waals surface area contributed by atoms with Crippen molar-refractivity contribution in [1.82, 2.24) is 0 Å². The molecule has 0 rings (SSSR count). The second-order valence-electron chi connectivity index (χ2n) is 3.13. The zero-order valence-corrected chi connectivity index (χ0v) is 9.99. The number of carbonyl (C=O) groups is 3. The summed E-state index contributed by atoms with van der Waals surface area (Å²) in [6.07, 6.45) is -0.100. The number of hydrogen-bond donors (Lipinski definition) is 4. The highest BCUT2D eigenvalue weighted by molar-refractivity contribution is 5.87. The average molecular weight is 264 g/mol. The number of allylic oxidation sites excluding steroid dienone is 1. The third kappa shape index (κ3) is 10.6. The number of carbonyl (C=O) groups excluding carboxylic acids is 1. The Morgan fingerprint density at radius 3 is 2.00 bits per heavy atom. The number of carboxylic acid groups (broad SMARTS) is 2. The van der Waals surface area contributed by atoms with Gasteiger partial charge in [0.2, 0.25) is 0 Å². The van der Waals surface area contributed by atoms with Gasteiger partial charge in [-0.05, 0) is 13.3 Å². The first-order chi connectivity index (χ1) is 8.26. The quantitative estimate of drug-likeness (QED) is 0.315. The third-order valence-corrected chi connectivity index (χ3v) is 1.57. The molecule has 1 atom stereocenters. The van der Waals surface area contributed by atoms with E-state index >= 15 is 0 Å². The van der Waals surface area contributed by atoms with Crippen LogP contribution in [0.25, 0.3) is 0 Å². The van der Waals surface area contributed by atoms with Gasteiger partial charge in [0.25, 0.3) is 0 Å². The van der Waals surface area contributed by atoms with Gasteiger partial charge in [0.1, 0.15) is 0 Å².